The number of para-hydroxylation sites is 1. The lowest BCUT2D eigenvalue weighted by Crippen LogP contribution is -2.48. The number of benzene rings is 1. The van der Waals surface area contributed by atoms with E-state index in [0.717, 1.165) is 44.7 Å². The molecule has 0 aromatic heterocycles. The Hall–Kier alpha value is -1.59. The molecule has 3 rings (SSSR count). The summed E-state index contributed by atoms with van der Waals surface area (Å²) < 4.78 is 5.83. The van der Waals surface area contributed by atoms with Gasteiger partial charge in [-0.1, -0.05) is 18.2 Å². The van der Waals surface area contributed by atoms with E-state index in [1.165, 1.54) is 0 Å². The number of hydrogen-bond donors (Lipinski definition) is 2. The van der Waals surface area contributed by atoms with E-state index in [1.54, 1.807) is 0 Å². The first-order valence-corrected chi connectivity index (χ1v) is 8.20. The van der Waals surface area contributed by atoms with Crippen LogP contribution >= 0.6 is 0 Å². The van der Waals surface area contributed by atoms with Crippen LogP contribution in [0.15, 0.2) is 30.3 Å². The highest BCUT2D eigenvalue weighted by Crippen LogP contribution is 2.20. The number of ether oxygens (including phenoxy) is 1. The fourth-order valence-corrected chi connectivity index (χ4v) is 3.15. The maximum absolute atomic E-state index is 12.4. The van der Waals surface area contributed by atoms with Crippen LogP contribution in [0, 0.1) is 5.92 Å². The maximum Gasteiger partial charge on any atom is 0.241 e. The van der Waals surface area contributed by atoms with Gasteiger partial charge in [-0.2, -0.15) is 0 Å². The number of carbonyl (C=O) groups is 1. The number of amides is 1. The van der Waals surface area contributed by atoms with Crippen molar-refractivity contribution in [3.8, 4) is 5.75 Å². The summed E-state index contributed by atoms with van der Waals surface area (Å²) in [6.07, 6.45) is 2.92. The molecule has 120 valence electrons. The molecule has 2 unspecified atom stereocenters. The van der Waals surface area contributed by atoms with Gasteiger partial charge in [0.1, 0.15) is 11.8 Å². The third-order valence-corrected chi connectivity index (χ3v) is 4.55. The average molecular weight is 303 g/mol. The molecule has 2 saturated heterocycles. The largest absolute Gasteiger partial charge is 0.493 e. The van der Waals surface area contributed by atoms with E-state index in [-0.39, 0.29) is 11.9 Å². The first kappa shape index (κ1) is 15.3. The van der Waals surface area contributed by atoms with E-state index < -0.39 is 0 Å². The summed E-state index contributed by atoms with van der Waals surface area (Å²) in [6, 6.07) is 10.2. The quantitative estimate of drug-likeness (QED) is 0.886. The molecule has 2 N–H and O–H groups in total. The smallest absolute Gasteiger partial charge is 0.241 e. The second-order valence-corrected chi connectivity index (χ2v) is 6.37. The molecule has 0 spiro atoms. The summed E-state index contributed by atoms with van der Waals surface area (Å²) in [5.74, 6) is 1.70. The number of rotatable bonds is 4. The molecule has 2 aliphatic rings. The van der Waals surface area contributed by atoms with Crippen molar-refractivity contribution in [3.63, 3.8) is 0 Å². The Labute approximate surface area is 132 Å². The predicted octanol–water partition coefficient (Wildman–Crippen LogP) is 1.56. The van der Waals surface area contributed by atoms with Gasteiger partial charge < -0.3 is 9.64 Å². The molecule has 5 nitrogen and oxygen atoms in total. The number of carbonyl (C=O) groups excluding carboxylic acids is 1. The van der Waals surface area contributed by atoms with Crippen molar-refractivity contribution in [1.29, 1.82) is 0 Å². The normalized spacial score (nSPS) is 26.1. The Morgan fingerprint density at radius 1 is 1.23 bits per heavy atom. The molecule has 5 heteroatoms. The van der Waals surface area contributed by atoms with Crippen LogP contribution < -0.4 is 15.6 Å². The van der Waals surface area contributed by atoms with Gasteiger partial charge in [-0.05, 0) is 44.2 Å². The molecular formula is C17H25N3O2. The van der Waals surface area contributed by atoms with Gasteiger partial charge in [0, 0.05) is 19.1 Å². The van der Waals surface area contributed by atoms with Crippen LogP contribution in [0.25, 0.3) is 0 Å². The molecule has 0 bridgehead atoms. The number of nitrogens with zero attached hydrogens (tertiary/aromatic N) is 1. The molecule has 0 radical (unpaired) electrons. The molecular weight excluding hydrogens is 278 g/mol. The summed E-state index contributed by atoms with van der Waals surface area (Å²) in [6.45, 7) is 4.52. The van der Waals surface area contributed by atoms with Crippen molar-refractivity contribution in [2.24, 2.45) is 5.92 Å². The van der Waals surface area contributed by atoms with Crippen molar-refractivity contribution >= 4 is 5.91 Å². The van der Waals surface area contributed by atoms with Gasteiger partial charge >= 0.3 is 0 Å². The Bertz CT molecular complexity index is 486. The Morgan fingerprint density at radius 3 is 2.59 bits per heavy atom. The van der Waals surface area contributed by atoms with E-state index in [4.69, 9.17) is 4.74 Å². The van der Waals surface area contributed by atoms with E-state index in [0.29, 0.717) is 12.0 Å². The summed E-state index contributed by atoms with van der Waals surface area (Å²) >= 11 is 0. The number of hydrazine groups is 1. The molecule has 2 atom stereocenters. The molecule has 2 heterocycles. The number of nitrogens with one attached hydrogen (secondary N) is 2. The zero-order valence-corrected chi connectivity index (χ0v) is 13.1. The molecule has 0 aliphatic carbocycles. The number of hydrogen-bond acceptors (Lipinski definition) is 4. The van der Waals surface area contributed by atoms with Crippen LogP contribution in [0.4, 0.5) is 0 Å². The van der Waals surface area contributed by atoms with Crippen LogP contribution in [-0.4, -0.2) is 42.6 Å². The molecule has 1 aromatic carbocycles. The minimum absolute atomic E-state index is 0.0629. The first-order chi connectivity index (χ1) is 10.7. The van der Waals surface area contributed by atoms with Gasteiger partial charge in [0.25, 0.3) is 0 Å². The predicted molar refractivity (Wildman–Crippen MR) is 85.4 cm³/mol. The summed E-state index contributed by atoms with van der Waals surface area (Å²) in [4.78, 5) is 14.4. The van der Waals surface area contributed by atoms with Crippen LogP contribution in [0.1, 0.15) is 26.2 Å². The third-order valence-electron chi connectivity index (χ3n) is 4.55. The highest BCUT2D eigenvalue weighted by molar-refractivity contribution is 5.82. The highest BCUT2D eigenvalue weighted by atomic mass is 16.5. The van der Waals surface area contributed by atoms with Gasteiger partial charge in [-0.15, -0.1) is 0 Å². The van der Waals surface area contributed by atoms with Crippen LogP contribution in [0.2, 0.25) is 0 Å². The highest BCUT2D eigenvalue weighted by Gasteiger charge is 2.32. The number of piperidine rings is 1. The Kier molecular flexibility index (Phi) is 4.95. The van der Waals surface area contributed by atoms with Crippen molar-refractivity contribution in [3.05, 3.63) is 30.3 Å². The lowest BCUT2D eigenvalue weighted by atomic mass is 9.97. The van der Waals surface area contributed by atoms with Gasteiger partial charge in [-0.3, -0.25) is 10.2 Å². The fraction of sp³-hybridized carbons (Fsp3) is 0.588. The van der Waals surface area contributed by atoms with Crippen molar-refractivity contribution in [2.75, 3.05) is 19.7 Å². The fourth-order valence-electron chi connectivity index (χ4n) is 3.15. The van der Waals surface area contributed by atoms with Crippen molar-refractivity contribution < 1.29 is 9.53 Å². The molecule has 2 aliphatic heterocycles. The number of likely N-dealkylation sites (tertiary alicyclic amines) is 1. The van der Waals surface area contributed by atoms with E-state index in [1.807, 2.05) is 35.2 Å². The average Bonchev–Trinajstić information content (AvgIpc) is 3.00. The lowest BCUT2D eigenvalue weighted by molar-refractivity contribution is -0.134. The molecule has 1 amide bonds. The topological polar surface area (TPSA) is 53.6 Å². The van der Waals surface area contributed by atoms with Crippen LogP contribution in [-0.2, 0) is 4.79 Å². The molecule has 1 aromatic rings. The van der Waals surface area contributed by atoms with E-state index in [2.05, 4.69) is 17.8 Å². The zero-order chi connectivity index (χ0) is 15.4. The summed E-state index contributed by atoms with van der Waals surface area (Å²) in [5.41, 5.74) is 6.21. The second-order valence-electron chi connectivity index (χ2n) is 6.37. The van der Waals surface area contributed by atoms with Gasteiger partial charge in [-0.25, -0.2) is 5.43 Å². The summed E-state index contributed by atoms with van der Waals surface area (Å²) in [5, 5.41) is 0. The minimum atomic E-state index is -0.0629. The minimum Gasteiger partial charge on any atom is -0.493 e. The van der Waals surface area contributed by atoms with Gasteiger partial charge in [0.2, 0.25) is 5.91 Å². The van der Waals surface area contributed by atoms with Gasteiger partial charge in [0.05, 0.1) is 6.61 Å². The van der Waals surface area contributed by atoms with E-state index >= 15 is 0 Å². The molecule has 22 heavy (non-hydrogen) atoms. The monoisotopic (exact) mass is 303 g/mol. The molecule has 0 saturated carbocycles. The van der Waals surface area contributed by atoms with Crippen LogP contribution in [0.3, 0.4) is 0 Å². The maximum atomic E-state index is 12.4. The first-order valence-electron chi connectivity index (χ1n) is 8.20. The standard InChI is InChI=1S/C17H25N3O2/c1-13-11-16(19-18-13)17(21)20-9-7-14(8-10-20)12-22-15-5-3-2-4-6-15/h2-6,13-14,16,18-19H,7-12H2,1H3. The second kappa shape index (κ2) is 7.11. The molecule has 2 fully saturated rings. The Morgan fingerprint density at radius 2 is 1.95 bits per heavy atom. The zero-order valence-electron chi connectivity index (χ0n) is 13.1. The Balaban J connectivity index is 1.41. The third kappa shape index (κ3) is 3.78. The van der Waals surface area contributed by atoms with Crippen LogP contribution in [0.5, 0.6) is 5.75 Å². The van der Waals surface area contributed by atoms with Crippen molar-refractivity contribution in [2.45, 2.75) is 38.3 Å². The van der Waals surface area contributed by atoms with Gasteiger partial charge in [0.15, 0.2) is 0 Å². The SMILES string of the molecule is CC1CC(C(=O)N2CCC(COc3ccccc3)CC2)NN1. The van der Waals surface area contributed by atoms with E-state index in [9.17, 15) is 4.79 Å². The van der Waals surface area contributed by atoms with Crippen molar-refractivity contribution in [1.82, 2.24) is 15.8 Å². The summed E-state index contributed by atoms with van der Waals surface area (Å²) in [7, 11) is 0. The lowest BCUT2D eigenvalue weighted by Gasteiger charge is -2.33.